The quantitative estimate of drug-likeness (QED) is 0.755. The second-order valence-corrected chi connectivity index (χ2v) is 2.72. The molecular formula is C11H9O2. The Balaban J connectivity index is 2.36. The summed E-state index contributed by atoms with van der Waals surface area (Å²) in [5.74, 6) is 1.35. The normalized spacial score (nSPS) is 10.2. The highest BCUT2D eigenvalue weighted by molar-refractivity contribution is 5.56. The average Bonchev–Trinajstić information content (AvgIpc) is 2.67. The summed E-state index contributed by atoms with van der Waals surface area (Å²) >= 11 is 0. The molecule has 1 radical (unpaired) electrons. The molecule has 1 aromatic heterocycles. The van der Waals surface area contributed by atoms with Crippen LogP contribution in [0.4, 0.5) is 0 Å². The third-order valence-corrected chi connectivity index (χ3v) is 1.81. The van der Waals surface area contributed by atoms with Crippen molar-refractivity contribution in [1.82, 2.24) is 0 Å². The number of rotatable bonds is 2. The Labute approximate surface area is 76.4 Å². The molecule has 0 saturated heterocycles. The van der Waals surface area contributed by atoms with Gasteiger partial charge in [0.1, 0.15) is 18.1 Å². The van der Waals surface area contributed by atoms with Crippen LogP contribution >= 0.6 is 0 Å². The number of benzene rings is 1. The van der Waals surface area contributed by atoms with E-state index in [4.69, 9.17) is 9.52 Å². The zero-order chi connectivity index (χ0) is 9.10. The summed E-state index contributed by atoms with van der Waals surface area (Å²) in [5, 5.41) is 8.80. The minimum Gasteiger partial charge on any atom is -0.459 e. The van der Waals surface area contributed by atoms with Crippen LogP contribution < -0.4 is 0 Å². The van der Waals surface area contributed by atoms with Gasteiger partial charge in [-0.2, -0.15) is 0 Å². The van der Waals surface area contributed by atoms with E-state index in [-0.39, 0.29) is 6.61 Å². The van der Waals surface area contributed by atoms with E-state index in [9.17, 15) is 0 Å². The smallest absolute Gasteiger partial charge is 0.134 e. The predicted octanol–water partition coefficient (Wildman–Crippen LogP) is 2.24. The van der Waals surface area contributed by atoms with Gasteiger partial charge in [0.25, 0.3) is 0 Å². The Morgan fingerprint density at radius 3 is 2.85 bits per heavy atom. The highest BCUT2D eigenvalue weighted by Gasteiger charge is 2.02. The maximum Gasteiger partial charge on any atom is 0.134 e. The van der Waals surface area contributed by atoms with Crippen LogP contribution in [0.3, 0.4) is 0 Å². The van der Waals surface area contributed by atoms with Crippen LogP contribution in [-0.4, -0.2) is 5.11 Å². The summed E-state index contributed by atoms with van der Waals surface area (Å²) in [7, 11) is 0. The molecule has 0 aliphatic heterocycles. The highest BCUT2D eigenvalue weighted by atomic mass is 16.4. The summed E-state index contributed by atoms with van der Waals surface area (Å²) in [5.41, 5.74) is 0.974. The van der Waals surface area contributed by atoms with Crippen molar-refractivity contribution in [2.45, 2.75) is 6.61 Å². The lowest BCUT2D eigenvalue weighted by Crippen LogP contribution is -1.74. The molecule has 0 aliphatic carbocycles. The maximum absolute atomic E-state index is 8.80. The van der Waals surface area contributed by atoms with Crippen molar-refractivity contribution in [1.29, 1.82) is 0 Å². The van der Waals surface area contributed by atoms with Crippen molar-refractivity contribution >= 4 is 0 Å². The summed E-state index contributed by atoms with van der Waals surface area (Å²) in [6, 6.07) is 14.1. The van der Waals surface area contributed by atoms with E-state index >= 15 is 0 Å². The van der Waals surface area contributed by atoms with Gasteiger partial charge in [-0.1, -0.05) is 18.2 Å². The summed E-state index contributed by atoms with van der Waals surface area (Å²) < 4.78 is 5.35. The van der Waals surface area contributed by atoms with E-state index in [0.29, 0.717) is 5.76 Å². The standard InChI is InChI=1S/C11H9O2/c12-8-10-6-7-11(13-10)9-4-2-1-3-5-9/h1-2,4-7,12H,8H2. The van der Waals surface area contributed by atoms with Crippen molar-refractivity contribution in [2.75, 3.05) is 0 Å². The molecule has 0 saturated carbocycles. The number of aliphatic hydroxyl groups is 1. The van der Waals surface area contributed by atoms with E-state index in [0.717, 1.165) is 11.3 Å². The maximum atomic E-state index is 8.80. The first-order valence-electron chi connectivity index (χ1n) is 4.06. The number of hydrogen-bond donors (Lipinski definition) is 1. The Hall–Kier alpha value is -1.54. The lowest BCUT2D eigenvalue weighted by molar-refractivity contribution is 0.248. The molecule has 0 spiro atoms. The summed E-state index contributed by atoms with van der Waals surface area (Å²) in [6.45, 7) is -0.0590. The third kappa shape index (κ3) is 1.63. The number of aliphatic hydroxyl groups excluding tert-OH is 1. The van der Waals surface area contributed by atoms with Crippen molar-refractivity contribution in [3.8, 4) is 11.3 Å². The first kappa shape index (κ1) is 8.08. The van der Waals surface area contributed by atoms with Gasteiger partial charge in [0.05, 0.1) is 0 Å². The van der Waals surface area contributed by atoms with Crippen LogP contribution in [0.25, 0.3) is 11.3 Å². The molecule has 13 heavy (non-hydrogen) atoms. The van der Waals surface area contributed by atoms with Crippen molar-refractivity contribution in [3.05, 3.63) is 48.2 Å². The fraction of sp³-hybridized carbons (Fsp3) is 0.0909. The Bertz CT molecular complexity index is 376. The van der Waals surface area contributed by atoms with Crippen LogP contribution in [0.15, 0.2) is 40.8 Å². The zero-order valence-corrected chi connectivity index (χ0v) is 7.03. The SMILES string of the molecule is OCc1ccc(-c2c[c]ccc2)o1. The second kappa shape index (κ2) is 3.46. The molecule has 0 unspecified atom stereocenters. The van der Waals surface area contributed by atoms with Crippen LogP contribution in [0.1, 0.15) is 5.76 Å². The molecule has 0 aliphatic rings. The fourth-order valence-electron chi connectivity index (χ4n) is 1.16. The van der Waals surface area contributed by atoms with Gasteiger partial charge in [-0.3, -0.25) is 0 Å². The van der Waals surface area contributed by atoms with E-state index in [2.05, 4.69) is 6.07 Å². The van der Waals surface area contributed by atoms with E-state index in [1.54, 1.807) is 6.07 Å². The molecule has 0 fully saturated rings. The minimum absolute atomic E-state index is 0.0590. The summed E-state index contributed by atoms with van der Waals surface area (Å²) in [6.07, 6.45) is 0. The van der Waals surface area contributed by atoms with Crippen LogP contribution in [0, 0.1) is 6.07 Å². The Morgan fingerprint density at radius 2 is 2.23 bits per heavy atom. The molecule has 2 nitrogen and oxygen atoms in total. The van der Waals surface area contributed by atoms with Crippen LogP contribution in [0.2, 0.25) is 0 Å². The minimum atomic E-state index is -0.0590. The zero-order valence-electron chi connectivity index (χ0n) is 7.03. The lowest BCUT2D eigenvalue weighted by atomic mass is 10.2. The molecule has 2 aromatic rings. The number of hydrogen-bond acceptors (Lipinski definition) is 2. The van der Waals surface area contributed by atoms with Gasteiger partial charge in [-0.05, 0) is 24.3 Å². The molecule has 0 atom stereocenters. The fourth-order valence-corrected chi connectivity index (χ4v) is 1.16. The Kier molecular flexibility index (Phi) is 2.15. The average molecular weight is 173 g/mol. The predicted molar refractivity (Wildman–Crippen MR) is 48.9 cm³/mol. The van der Waals surface area contributed by atoms with Crippen molar-refractivity contribution in [2.24, 2.45) is 0 Å². The molecule has 65 valence electrons. The molecule has 1 N–H and O–H groups in total. The van der Waals surface area contributed by atoms with Gasteiger partial charge in [-0.15, -0.1) is 0 Å². The van der Waals surface area contributed by atoms with Crippen LogP contribution in [-0.2, 0) is 6.61 Å². The van der Waals surface area contributed by atoms with E-state index in [1.807, 2.05) is 30.3 Å². The molecule has 2 heteroatoms. The first-order chi connectivity index (χ1) is 6.40. The molecule has 1 heterocycles. The molecule has 0 bridgehead atoms. The van der Waals surface area contributed by atoms with Gasteiger partial charge in [0.15, 0.2) is 0 Å². The monoisotopic (exact) mass is 173 g/mol. The highest BCUT2D eigenvalue weighted by Crippen LogP contribution is 2.21. The van der Waals surface area contributed by atoms with Gasteiger partial charge in [0, 0.05) is 5.56 Å². The topological polar surface area (TPSA) is 33.4 Å². The van der Waals surface area contributed by atoms with Crippen molar-refractivity contribution in [3.63, 3.8) is 0 Å². The molecule has 0 amide bonds. The van der Waals surface area contributed by atoms with Gasteiger partial charge in [-0.25, -0.2) is 0 Å². The van der Waals surface area contributed by atoms with E-state index in [1.165, 1.54) is 0 Å². The van der Waals surface area contributed by atoms with Gasteiger partial charge in [0.2, 0.25) is 0 Å². The lowest BCUT2D eigenvalue weighted by Gasteiger charge is -1.94. The van der Waals surface area contributed by atoms with Gasteiger partial charge < -0.3 is 9.52 Å². The molecule has 1 aromatic carbocycles. The largest absolute Gasteiger partial charge is 0.459 e. The summed E-state index contributed by atoms with van der Waals surface area (Å²) in [4.78, 5) is 0. The van der Waals surface area contributed by atoms with Gasteiger partial charge >= 0.3 is 0 Å². The van der Waals surface area contributed by atoms with Crippen molar-refractivity contribution < 1.29 is 9.52 Å². The number of furan rings is 1. The molecular weight excluding hydrogens is 164 g/mol. The first-order valence-corrected chi connectivity index (χ1v) is 4.06. The van der Waals surface area contributed by atoms with Crippen LogP contribution in [0.5, 0.6) is 0 Å². The van der Waals surface area contributed by atoms with E-state index < -0.39 is 0 Å². The second-order valence-electron chi connectivity index (χ2n) is 2.72. The molecule has 2 rings (SSSR count). The Morgan fingerprint density at radius 1 is 1.31 bits per heavy atom. The third-order valence-electron chi connectivity index (χ3n) is 1.81.